The SMILES string of the molecule is CONC(=O)c1ccc(=O)[nH]n1. The van der Waals surface area contributed by atoms with Gasteiger partial charge in [0.15, 0.2) is 5.69 Å². The summed E-state index contributed by atoms with van der Waals surface area (Å²) in [6.07, 6.45) is 0. The first-order chi connectivity index (χ1) is 5.74. The first-order valence-corrected chi connectivity index (χ1v) is 3.13. The fourth-order valence-corrected chi connectivity index (χ4v) is 0.616. The van der Waals surface area contributed by atoms with Crippen LogP contribution in [0.15, 0.2) is 16.9 Å². The second-order valence-electron chi connectivity index (χ2n) is 1.94. The largest absolute Gasteiger partial charge is 0.295 e. The Balaban J connectivity index is 2.82. The second-order valence-corrected chi connectivity index (χ2v) is 1.94. The molecule has 1 rings (SSSR count). The van der Waals surface area contributed by atoms with Crippen LogP contribution in [0.1, 0.15) is 10.5 Å². The lowest BCUT2D eigenvalue weighted by atomic mass is 10.4. The maximum atomic E-state index is 10.9. The molecule has 12 heavy (non-hydrogen) atoms. The summed E-state index contributed by atoms with van der Waals surface area (Å²) in [5.41, 5.74) is 1.79. The van der Waals surface area contributed by atoms with Crippen molar-refractivity contribution in [1.29, 1.82) is 0 Å². The number of hydroxylamine groups is 1. The van der Waals surface area contributed by atoms with Gasteiger partial charge in [0.1, 0.15) is 0 Å². The number of H-pyrrole nitrogens is 1. The van der Waals surface area contributed by atoms with E-state index in [-0.39, 0.29) is 11.3 Å². The maximum Gasteiger partial charge on any atom is 0.295 e. The quantitative estimate of drug-likeness (QED) is 0.559. The number of hydrogen-bond donors (Lipinski definition) is 2. The van der Waals surface area contributed by atoms with Crippen molar-refractivity contribution in [3.63, 3.8) is 0 Å². The highest BCUT2D eigenvalue weighted by Gasteiger charge is 2.04. The zero-order valence-corrected chi connectivity index (χ0v) is 6.33. The molecule has 0 aromatic carbocycles. The zero-order valence-electron chi connectivity index (χ0n) is 6.33. The normalized spacial score (nSPS) is 9.42. The number of aromatic amines is 1. The molecule has 0 unspecified atom stereocenters. The van der Waals surface area contributed by atoms with E-state index in [4.69, 9.17) is 0 Å². The number of aromatic nitrogens is 2. The lowest BCUT2D eigenvalue weighted by Gasteiger charge is -1.98. The van der Waals surface area contributed by atoms with Crippen LogP contribution in [0.4, 0.5) is 0 Å². The third-order valence-electron chi connectivity index (χ3n) is 1.11. The van der Waals surface area contributed by atoms with Crippen LogP contribution >= 0.6 is 0 Å². The van der Waals surface area contributed by atoms with E-state index >= 15 is 0 Å². The van der Waals surface area contributed by atoms with E-state index in [1.165, 1.54) is 19.2 Å². The Kier molecular flexibility index (Phi) is 2.54. The van der Waals surface area contributed by atoms with Crippen molar-refractivity contribution in [2.24, 2.45) is 0 Å². The van der Waals surface area contributed by atoms with Crippen LogP contribution in [-0.4, -0.2) is 23.2 Å². The van der Waals surface area contributed by atoms with Crippen molar-refractivity contribution >= 4 is 5.91 Å². The summed E-state index contributed by atoms with van der Waals surface area (Å²) in [6, 6.07) is 2.50. The van der Waals surface area contributed by atoms with Gasteiger partial charge in [0.2, 0.25) is 0 Å². The predicted octanol–water partition coefficient (Wildman–Crippen LogP) is -0.939. The fourth-order valence-electron chi connectivity index (χ4n) is 0.616. The molecule has 1 aromatic rings. The Morgan fingerprint density at radius 3 is 2.92 bits per heavy atom. The predicted molar refractivity (Wildman–Crippen MR) is 39.3 cm³/mol. The first kappa shape index (κ1) is 8.41. The summed E-state index contributed by atoms with van der Waals surface area (Å²) in [7, 11) is 1.31. The Morgan fingerprint density at radius 1 is 1.67 bits per heavy atom. The lowest BCUT2D eigenvalue weighted by Crippen LogP contribution is -2.24. The number of carbonyl (C=O) groups is 1. The van der Waals surface area contributed by atoms with Gasteiger partial charge in [0.25, 0.3) is 11.5 Å². The highest BCUT2D eigenvalue weighted by Crippen LogP contribution is 1.86. The van der Waals surface area contributed by atoms with E-state index in [0.717, 1.165) is 0 Å². The van der Waals surface area contributed by atoms with E-state index in [9.17, 15) is 9.59 Å². The minimum absolute atomic E-state index is 0.0939. The maximum absolute atomic E-state index is 10.9. The molecule has 0 spiro atoms. The molecule has 0 radical (unpaired) electrons. The molecule has 0 saturated carbocycles. The molecular weight excluding hydrogens is 162 g/mol. The van der Waals surface area contributed by atoms with Gasteiger partial charge in [-0.1, -0.05) is 0 Å². The van der Waals surface area contributed by atoms with Crippen molar-refractivity contribution in [2.45, 2.75) is 0 Å². The number of nitrogens with zero attached hydrogens (tertiary/aromatic N) is 1. The molecule has 1 heterocycles. The standard InChI is InChI=1S/C6H7N3O3/c1-12-9-6(11)4-2-3-5(10)8-7-4/h2-3H,1H3,(H,8,10)(H,9,11). The van der Waals surface area contributed by atoms with Crippen LogP contribution in [0.3, 0.4) is 0 Å². The first-order valence-electron chi connectivity index (χ1n) is 3.13. The molecule has 6 nitrogen and oxygen atoms in total. The van der Waals surface area contributed by atoms with E-state index in [0.29, 0.717) is 0 Å². The third-order valence-corrected chi connectivity index (χ3v) is 1.11. The molecule has 64 valence electrons. The lowest BCUT2D eigenvalue weighted by molar-refractivity contribution is 0.0531. The number of amides is 1. The summed E-state index contributed by atoms with van der Waals surface area (Å²) < 4.78 is 0. The second kappa shape index (κ2) is 3.63. The number of hydrogen-bond acceptors (Lipinski definition) is 4. The molecule has 0 atom stereocenters. The van der Waals surface area contributed by atoms with Gasteiger partial charge < -0.3 is 0 Å². The summed E-state index contributed by atoms with van der Waals surface area (Å²) in [5, 5.41) is 5.58. The average molecular weight is 169 g/mol. The van der Waals surface area contributed by atoms with Crippen LogP contribution in [0, 0.1) is 0 Å². The third kappa shape index (κ3) is 1.89. The Bertz CT molecular complexity index is 313. The Hall–Kier alpha value is -1.69. The van der Waals surface area contributed by atoms with Gasteiger partial charge in [-0.25, -0.2) is 10.6 Å². The molecule has 0 fully saturated rings. The topological polar surface area (TPSA) is 84.1 Å². The van der Waals surface area contributed by atoms with Gasteiger partial charge in [0, 0.05) is 6.07 Å². The van der Waals surface area contributed by atoms with Crippen molar-refractivity contribution in [3.05, 3.63) is 28.2 Å². The van der Waals surface area contributed by atoms with Gasteiger partial charge in [-0.05, 0) is 6.07 Å². The summed E-state index contributed by atoms with van der Waals surface area (Å²) in [6.45, 7) is 0. The average Bonchev–Trinajstić information content (AvgIpc) is 2.06. The molecule has 0 aliphatic rings. The van der Waals surface area contributed by atoms with Gasteiger partial charge >= 0.3 is 0 Å². The van der Waals surface area contributed by atoms with Crippen LogP contribution in [0.5, 0.6) is 0 Å². The van der Waals surface area contributed by atoms with E-state index in [2.05, 4.69) is 20.5 Å². The molecule has 6 heteroatoms. The number of nitrogens with one attached hydrogen (secondary N) is 2. The van der Waals surface area contributed by atoms with Crippen LogP contribution in [0.2, 0.25) is 0 Å². The van der Waals surface area contributed by atoms with Crippen LogP contribution < -0.4 is 11.0 Å². The molecule has 0 bridgehead atoms. The molecular formula is C6H7N3O3. The monoisotopic (exact) mass is 169 g/mol. The molecule has 0 saturated heterocycles. The summed E-state index contributed by atoms with van der Waals surface area (Å²) in [5.74, 6) is -0.506. The van der Waals surface area contributed by atoms with Crippen LogP contribution in [-0.2, 0) is 4.84 Å². The Morgan fingerprint density at radius 2 is 2.42 bits per heavy atom. The van der Waals surface area contributed by atoms with Crippen molar-refractivity contribution < 1.29 is 9.63 Å². The molecule has 2 N–H and O–H groups in total. The van der Waals surface area contributed by atoms with E-state index in [1.54, 1.807) is 0 Å². The zero-order chi connectivity index (χ0) is 8.97. The van der Waals surface area contributed by atoms with Gasteiger partial charge in [-0.3, -0.25) is 14.4 Å². The van der Waals surface area contributed by atoms with Crippen LogP contribution in [0.25, 0.3) is 0 Å². The van der Waals surface area contributed by atoms with E-state index in [1.807, 2.05) is 0 Å². The fraction of sp³-hybridized carbons (Fsp3) is 0.167. The van der Waals surface area contributed by atoms with Gasteiger partial charge in [-0.2, -0.15) is 5.10 Å². The van der Waals surface area contributed by atoms with Crippen molar-refractivity contribution in [1.82, 2.24) is 15.7 Å². The number of carbonyl (C=O) groups excluding carboxylic acids is 1. The highest BCUT2D eigenvalue weighted by atomic mass is 16.6. The smallest absolute Gasteiger partial charge is 0.277 e. The molecule has 0 aliphatic carbocycles. The summed E-state index contributed by atoms with van der Waals surface area (Å²) >= 11 is 0. The minimum Gasteiger partial charge on any atom is -0.277 e. The summed E-state index contributed by atoms with van der Waals surface area (Å²) in [4.78, 5) is 25.8. The Labute approximate surface area is 67.5 Å². The molecule has 1 amide bonds. The molecule has 0 aliphatic heterocycles. The number of rotatable bonds is 2. The van der Waals surface area contributed by atoms with Crippen molar-refractivity contribution in [2.75, 3.05) is 7.11 Å². The highest BCUT2D eigenvalue weighted by molar-refractivity contribution is 5.91. The van der Waals surface area contributed by atoms with Crippen molar-refractivity contribution in [3.8, 4) is 0 Å². The minimum atomic E-state index is -0.506. The van der Waals surface area contributed by atoms with Gasteiger partial charge in [-0.15, -0.1) is 0 Å². The molecule has 1 aromatic heterocycles. The van der Waals surface area contributed by atoms with E-state index < -0.39 is 5.91 Å². The van der Waals surface area contributed by atoms with Gasteiger partial charge in [0.05, 0.1) is 7.11 Å².